The van der Waals surface area contributed by atoms with Crippen molar-refractivity contribution in [2.75, 3.05) is 20.0 Å². The molecule has 0 amide bonds. The minimum atomic E-state index is 0.439. The van der Waals surface area contributed by atoms with Gasteiger partial charge in [-0.3, -0.25) is 5.10 Å². The summed E-state index contributed by atoms with van der Waals surface area (Å²) in [6.45, 7) is 0. The number of aromatic nitrogens is 2. The third kappa shape index (κ3) is 2.08. The molecule has 1 aromatic carbocycles. The molecule has 0 spiro atoms. The fourth-order valence-corrected chi connectivity index (χ4v) is 2.25. The van der Waals surface area contributed by atoms with Gasteiger partial charge in [0, 0.05) is 11.6 Å². The van der Waals surface area contributed by atoms with E-state index in [1.807, 2.05) is 12.1 Å². The number of H-pyrrole nitrogens is 1. The van der Waals surface area contributed by atoms with Gasteiger partial charge >= 0.3 is 0 Å². The van der Waals surface area contributed by atoms with E-state index in [0.717, 1.165) is 15.7 Å². The number of ether oxygens (including phenoxy) is 2. The fraction of sp³-hybridized carbons (Fsp3) is 0.182. The van der Waals surface area contributed by atoms with Crippen LogP contribution in [0.3, 0.4) is 0 Å². The number of halogens is 1. The number of nitrogens with zero attached hydrogens (tertiary/aromatic N) is 1. The highest BCUT2D eigenvalue weighted by Crippen LogP contribution is 2.41. The Morgan fingerprint density at radius 3 is 2.59 bits per heavy atom. The van der Waals surface area contributed by atoms with Crippen molar-refractivity contribution in [1.29, 1.82) is 0 Å². The predicted octanol–water partition coefficient (Wildman–Crippen LogP) is 2.44. The Balaban J connectivity index is 2.58. The number of anilines is 1. The number of aromatic amines is 1. The Kier molecular flexibility index (Phi) is 3.23. The molecule has 2 rings (SSSR count). The first-order chi connectivity index (χ1) is 8.17. The van der Waals surface area contributed by atoms with Gasteiger partial charge in [-0.1, -0.05) is 0 Å². The van der Waals surface area contributed by atoms with Crippen molar-refractivity contribution in [1.82, 2.24) is 10.2 Å². The topological polar surface area (TPSA) is 73.2 Å². The SMILES string of the molecule is COc1ccc(-c2cc(N)n[nH]2)c(OC)c1Br. The van der Waals surface area contributed by atoms with Gasteiger partial charge in [0.1, 0.15) is 21.8 Å². The van der Waals surface area contributed by atoms with E-state index in [4.69, 9.17) is 15.2 Å². The van der Waals surface area contributed by atoms with Crippen LogP contribution in [0, 0.1) is 0 Å². The Morgan fingerprint density at radius 1 is 1.29 bits per heavy atom. The van der Waals surface area contributed by atoms with Crippen molar-refractivity contribution in [2.24, 2.45) is 0 Å². The lowest BCUT2D eigenvalue weighted by Gasteiger charge is -2.12. The number of hydrogen-bond acceptors (Lipinski definition) is 4. The maximum absolute atomic E-state index is 5.58. The minimum absolute atomic E-state index is 0.439. The smallest absolute Gasteiger partial charge is 0.146 e. The molecule has 0 aliphatic carbocycles. The molecule has 3 N–H and O–H groups in total. The maximum atomic E-state index is 5.58. The van der Waals surface area contributed by atoms with E-state index in [9.17, 15) is 0 Å². The van der Waals surface area contributed by atoms with Crippen LogP contribution in [0.25, 0.3) is 11.3 Å². The summed E-state index contributed by atoms with van der Waals surface area (Å²) in [7, 11) is 3.20. The highest BCUT2D eigenvalue weighted by molar-refractivity contribution is 9.10. The van der Waals surface area contributed by atoms with Crippen LogP contribution in [-0.2, 0) is 0 Å². The highest BCUT2D eigenvalue weighted by atomic mass is 79.9. The van der Waals surface area contributed by atoms with E-state index in [0.29, 0.717) is 17.3 Å². The predicted molar refractivity (Wildman–Crippen MR) is 69.2 cm³/mol. The normalized spacial score (nSPS) is 10.3. The van der Waals surface area contributed by atoms with Crippen LogP contribution >= 0.6 is 15.9 Å². The molecule has 5 nitrogen and oxygen atoms in total. The summed E-state index contributed by atoms with van der Waals surface area (Å²) in [6, 6.07) is 5.48. The molecule has 90 valence electrons. The van der Waals surface area contributed by atoms with Gasteiger partial charge in [0.2, 0.25) is 0 Å². The van der Waals surface area contributed by atoms with Crippen LogP contribution in [0.5, 0.6) is 11.5 Å². The Bertz CT molecular complexity index is 540. The lowest BCUT2D eigenvalue weighted by Crippen LogP contribution is -1.93. The largest absolute Gasteiger partial charge is 0.495 e. The van der Waals surface area contributed by atoms with Crippen LogP contribution in [-0.4, -0.2) is 24.4 Å². The van der Waals surface area contributed by atoms with Gasteiger partial charge in [0.05, 0.1) is 19.9 Å². The third-order valence-corrected chi connectivity index (χ3v) is 3.12. The zero-order valence-corrected chi connectivity index (χ0v) is 11.0. The van der Waals surface area contributed by atoms with E-state index in [1.165, 1.54) is 0 Å². The van der Waals surface area contributed by atoms with E-state index >= 15 is 0 Å². The molecule has 2 aromatic rings. The zero-order valence-electron chi connectivity index (χ0n) is 9.45. The summed E-state index contributed by atoms with van der Waals surface area (Å²) >= 11 is 3.44. The number of nitrogen functional groups attached to an aromatic ring is 1. The first-order valence-electron chi connectivity index (χ1n) is 4.89. The van der Waals surface area contributed by atoms with Crippen molar-refractivity contribution in [2.45, 2.75) is 0 Å². The van der Waals surface area contributed by atoms with Crippen molar-refractivity contribution in [3.63, 3.8) is 0 Å². The number of nitrogens with one attached hydrogen (secondary N) is 1. The van der Waals surface area contributed by atoms with Crippen LogP contribution in [0.4, 0.5) is 5.82 Å². The van der Waals surface area contributed by atoms with Crippen LogP contribution in [0.1, 0.15) is 0 Å². The summed E-state index contributed by atoms with van der Waals surface area (Å²) in [5, 5.41) is 6.74. The molecule has 6 heteroatoms. The Morgan fingerprint density at radius 2 is 2.06 bits per heavy atom. The van der Waals surface area contributed by atoms with Crippen LogP contribution in [0.2, 0.25) is 0 Å². The zero-order chi connectivity index (χ0) is 12.4. The van der Waals surface area contributed by atoms with Gasteiger partial charge in [-0.25, -0.2) is 0 Å². The van der Waals surface area contributed by atoms with E-state index < -0.39 is 0 Å². The number of rotatable bonds is 3. The average molecular weight is 298 g/mol. The molecule has 0 radical (unpaired) electrons. The second kappa shape index (κ2) is 4.67. The lowest BCUT2D eigenvalue weighted by molar-refractivity contribution is 0.390. The standard InChI is InChI=1S/C11H12BrN3O2/c1-16-8-4-3-6(11(17-2)10(8)12)7-5-9(13)15-14-7/h3-5H,1-2H3,(H3,13,14,15). The molecule has 1 heterocycles. The molecule has 0 fully saturated rings. The highest BCUT2D eigenvalue weighted by Gasteiger charge is 2.15. The monoisotopic (exact) mass is 297 g/mol. The first-order valence-corrected chi connectivity index (χ1v) is 5.68. The average Bonchev–Trinajstić information content (AvgIpc) is 2.75. The second-order valence-corrected chi connectivity index (χ2v) is 4.16. The molecule has 0 aliphatic heterocycles. The van der Waals surface area contributed by atoms with Crippen LogP contribution < -0.4 is 15.2 Å². The van der Waals surface area contributed by atoms with Crippen molar-refractivity contribution >= 4 is 21.7 Å². The molecule has 0 aliphatic rings. The minimum Gasteiger partial charge on any atom is -0.495 e. The summed E-state index contributed by atoms with van der Waals surface area (Å²) in [6.07, 6.45) is 0. The molecule has 0 saturated carbocycles. The maximum Gasteiger partial charge on any atom is 0.146 e. The lowest BCUT2D eigenvalue weighted by atomic mass is 10.1. The van der Waals surface area contributed by atoms with E-state index in [-0.39, 0.29) is 0 Å². The molecule has 0 unspecified atom stereocenters. The number of nitrogens with two attached hydrogens (primary N) is 1. The van der Waals surface area contributed by atoms with E-state index in [1.54, 1.807) is 20.3 Å². The summed E-state index contributed by atoms with van der Waals surface area (Å²) < 4.78 is 11.3. The molecule has 0 bridgehead atoms. The van der Waals surface area contributed by atoms with E-state index in [2.05, 4.69) is 26.1 Å². The van der Waals surface area contributed by atoms with Crippen molar-refractivity contribution in [3.8, 4) is 22.8 Å². The van der Waals surface area contributed by atoms with Crippen LogP contribution in [0.15, 0.2) is 22.7 Å². The first kappa shape index (κ1) is 11.8. The summed E-state index contributed by atoms with van der Waals surface area (Å²) in [4.78, 5) is 0. The molecular weight excluding hydrogens is 286 g/mol. The summed E-state index contributed by atoms with van der Waals surface area (Å²) in [5.41, 5.74) is 7.24. The Hall–Kier alpha value is -1.69. The number of hydrogen-bond donors (Lipinski definition) is 2. The fourth-order valence-electron chi connectivity index (χ4n) is 1.58. The molecular formula is C11H12BrN3O2. The number of benzene rings is 1. The van der Waals surface area contributed by atoms with Gasteiger partial charge in [0.15, 0.2) is 0 Å². The molecule has 17 heavy (non-hydrogen) atoms. The Labute approximate surface area is 107 Å². The molecule has 0 saturated heterocycles. The third-order valence-electron chi connectivity index (χ3n) is 2.37. The van der Waals surface area contributed by atoms with Crippen molar-refractivity contribution < 1.29 is 9.47 Å². The quantitative estimate of drug-likeness (QED) is 0.913. The molecule has 1 aromatic heterocycles. The van der Waals surface area contributed by atoms with Crippen molar-refractivity contribution in [3.05, 3.63) is 22.7 Å². The second-order valence-electron chi connectivity index (χ2n) is 3.37. The van der Waals surface area contributed by atoms with Gasteiger partial charge in [-0.15, -0.1) is 0 Å². The number of methoxy groups -OCH3 is 2. The van der Waals surface area contributed by atoms with Gasteiger partial charge in [-0.05, 0) is 28.1 Å². The van der Waals surface area contributed by atoms with Gasteiger partial charge in [0.25, 0.3) is 0 Å². The molecule has 0 atom stereocenters. The summed E-state index contributed by atoms with van der Waals surface area (Å²) in [5.74, 6) is 1.82. The van der Waals surface area contributed by atoms with Gasteiger partial charge < -0.3 is 15.2 Å². The van der Waals surface area contributed by atoms with Gasteiger partial charge in [-0.2, -0.15) is 5.10 Å².